The van der Waals surface area contributed by atoms with Crippen LogP contribution in [0.2, 0.25) is 0 Å². The molecule has 1 unspecified atom stereocenters. The van der Waals surface area contributed by atoms with Crippen LogP contribution < -0.4 is 0 Å². The average molecular weight is 154 g/mol. The van der Waals surface area contributed by atoms with Crippen LogP contribution >= 0.6 is 0 Å². The van der Waals surface area contributed by atoms with Crippen molar-refractivity contribution in [3.8, 4) is 6.07 Å². The number of rotatable bonds is 3. The van der Waals surface area contributed by atoms with Gasteiger partial charge in [0.2, 0.25) is 0 Å². The topological polar surface area (TPSA) is 36.3 Å². The van der Waals surface area contributed by atoms with Gasteiger partial charge < -0.3 is 9.64 Å². The Morgan fingerprint density at radius 2 is 2.55 bits per heavy atom. The van der Waals surface area contributed by atoms with Crippen molar-refractivity contribution in [2.24, 2.45) is 0 Å². The molecule has 0 aromatic rings. The van der Waals surface area contributed by atoms with Gasteiger partial charge in [0.25, 0.3) is 0 Å². The Balaban J connectivity index is 2.18. The Bertz CT molecular complexity index is 147. The first-order valence-electron chi connectivity index (χ1n) is 3.99. The molecule has 1 saturated heterocycles. The van der Waals surface area contributed by atoms with Crippen molar-refractivity contribution in [2.75, 3.05) is 26.8 Å². The molecule has 62 valence electrons. The van der Waals surface area contributed by atoms with Crippen LogP contribution in [0, 0.1) is 11.3 Å². The number of nitriles is 1. The Labute approximate surface area is 67.6 Å². The maximum atomic E-state index is 8.35. The SMILES string of the molecule is CN(CCC#N)C1CCOC1. The second kappa shape index (κ2) is 4.32. The number of ether oxygens (including phenoxy) is 1. The minimum Gasteiger partial charge on any atom is -0.380 e. The summed E-state index contributed by atoms with van der Waals surface area (Å²) in [5.74, 6) is 0. The van der Waals surface area contributed by atoms with Gasteiger partial charge in [0, 0.05) is 25.6 Å². The van der Waals surface area contributed by atoms with E-state index in [9.17, 15) is 0 Å². The van der Waals surface area contributed by atoms with E-state index in [-0.39, 0.29) is 0 Å². The highest BCUT2D eigenvalue weighted by Gasteiger charge is 2.19. The van der Waals surface area contributed by atoms with E-state index in [0.29, 0.717) is 12.5 Å². The Hall–Kier alpha value is -0.590. The minimum absolute atomic E-state index is 0.545. The van der Waals surface area contributed by atoms with Gasteiger partial charge in [-0.15, -0.1) is 0 Å². The van der Waals surface area contributed by atoms with E-state index < -0.39 is 0 Å². The molecule has 0 aliphatic carbocycles. The van der Waals surface area contributed by atoms with Crippen LogP contribution in [0.15, 0.2) is 0 Å². The van der Waals surface area contributed by atoms with E-state index >= 15 is 0 Å². The normalized spacial score (nSPS) is 23.9. The van der Waals surface area contributed by atoms with Gasteiger partial charge in [-0.2, -0.15) is 5.26 Å². The van der Waals surface area contributed by atoms with E-state index in [0.717, 1.165) is 26.2 Å². The minimum atomic E-state index is 0.545. The van der Waals surface area contributed by atoms with Crippen LogP contribution in [0.4, 0.5) is 0 Å². The van der Waals surface area contributed by atoms with Crippen molar-refractivity contribution in [1.29, 1.82) is 5.26 Å². The number of likely N-dealkylation sites (N-methyl/N-ethyl adjacent to an activating group) is 1. The van der Waals surface area contributed by atoms with Crippen molar-refractivity contribution >= 4 is 0 Å². The molecule has 3 nitrogen and oxygen atoms in total. The van der Waals surface area contributed by atoms with Crippen molar-refractivity contribution in [2.45, 2.75) is 18.9 Å². The van der Waals surface area contributed by atoms with Crippen LogP contribution in [-0.4, -0.2) is 37.7 Å². The molecule has 0 amide bonds. The summed E-state index contributed by atoms with van der Waals surface area (Å²) in [6, 6.07) is 2.68. The van der Waals surface area contributed by atoms with E-state index in [1.54, 1.807) is 0 Å². The molecule has 0 spiro atoms. The molecule has 0 radical (unpaired) electrons. The lowest BCUT2D eigenvalue weighted by molar-refractivity contribution is 0.160. The molecule has 0 N–H and O–H groups in total. The quantitative estimate of drug-likeness (QED) is 0.598. The Kier molecular flexibility index (Phi) is 3.34. The van der Waals surface area contributed by atoms with Crippen molar-refractivity contribution in [1.82, 2.24) is 4.90 Å². The highest BCUT2D eigenvalue weighted by molar-refractivity contribution is 4.77. The maximum absolute atomic E-state index is 8.35. The third-order valence-corrected chi connectivity index (χ3v) is 2.11. The van der Waals surface area contributed by atoms with Gasteiger partial charge in [0.15, 0.2) is 0 Å². The fraction of sp³-hybridized carbons (Fsp3) is 0.875. The van der Waals surface area contributed by atoms with Crippen molar-refractivity contribution < 1.29 is 4.74 Å². The second-order valence-corrected chi connectivity index (χ2v) is 2.91. The summed E-state index contributed by atoms with van der Waals surface area (Å²) in [6.45, 7) is 2.58. The summed E-state index contributed by atoms with van der Waals surface area (Å²) in [5.41, 5.74) is 0. The first kappa shape index (κ1) is 8.51. The molecule has 0 saturated carbocycles. The molecular formula is C8H14N2O. The number of hydrogen-bond acceptors (Lipinski definition) is 3. The fourth-order valence-electron chi connectivity index (χ4n) is 1.28. The number of hydrogen-bond donors (Lipinski definition) is 0. The lowest BCUT2D eigenvalue weighted by Gasteiger charge is -2.20. The lowest BCUT2D eigenvalue weighted by Crippen LogP contribution is -2.32. The van der Waals surface area contributed by atoms with Crippen LogP contribution in [0.25, 0.3) is 0 Å². The van der Waals surface area contributed by atoms with Crippen molar-refractivity contribution in [3.05, 3.63) is 0 Å². The smallest absolute Gasteiger partial charge is 0.0635 e. The van der Waals surface area contributed by atoms with E-state index in [1.165, 1.54) is 0 Å². The van der Waals surface area contributed by atoms with Crippen LogP contribution in [-0.2, 0) is 4.74 Å². The molecule has 1 fully saturated rings. The predicted molar refractivity (Wildman–Crippen MR) is 42.1 cm³/mol. The largest absolute Gasteiger partial charge is 0.380 e. The standard InChI is InChI=1S/C8H14N2O/c1-10(5-2-4-9)8-3-6-11-7-8/h8H,2-3,5-7H2,1H3. The third-order valence-electron chi connectivity index (χ3n) is 2.11. The van der Waals surface area contributed by atoms with E-state index in [4.69, 9.17) is 10.00 Å². The molecule has 0 aromatic carbocycles. The summed E-state index contributed by atoms with van der Waals surface area (Å²) < 4.78 is 5.23. The average Bonchev–Trinajstić information content (AvgIpc) is 2.52. The summed E-state index contributed by atoms with van der Waals surface area (Å²) in [7, 11) is 2.05. The predicted octanol–water partition coefficient (Wildman–Crippen LogP) is 0.621. The van der Waals surface area contributed by atoms with Gasteiger partial charge in [-0.25, -0.2) is 0 Å². The molecule has 1 aliphatic heterocycles. The second-order valence-electron chi connectivity index (χ2n) is 2.91. The number of nitrogens with zero attached hydrogens (tertiary/aromatic N) is 2. The molecule has 0 bridgehead atoms. The van der Waals surface area contributed by atoms with Gasteiger partial charge in [0.05, 0.1) is 12.7 Å². The van der Waals surface area contributed by atoms with Gasteiger partial charge >= 0.3 is 0 Å². The van der Waals surface area contributed by atoms with Crippen LogP contribution in [0.5, 0.6) is 0 Å². The van der Waals surface area contributed by atoms with Gasteiger partial charge in [-0.05, 0) is 13.5 Å². The molecule has 1 aliphatic rings. The van der Waals surface area contributed by atoms with Gasteiger partial charge in [0.1, 0.15) is 0 Å². The fourth-order valence-corrected chi connectivity index (χ4v) is 1.28. The zero-order valence-electron chi connectivity index (χ0n) is 6.92. The molecule has 1 heterocycles. The maximum Gasteiger partial charge on any atom is 0.0635 e. The van der Waals surface area contributed by atoms with Gasteiger partial charge in [-0.1, -0.05) is 0 Å². The van der Waals surface area contributed by atoms with E-state index in [2.05, 4.69) is 18.0 Å². The monoisotopic (exact) mass is 154 g/mol. The zero-order chi connectivity index (χ0) is 8.10. The Morgan fingerprint density at radius 1 is 1.73 bits per heavy atom. The molecular weight excluding hydrogens is 140 g/mol. The summed E-state index contributed by atoms with van der Waals surface area (Å²) >= 11 is 0. The summed E-state index contributed by atoms with van der Waals surface area (Å²) in [6.07, 6.45) is 1.73. The molecule has 11 heavy (non-hydrogen) atoms. The molecule has 1 rings (SSSR count). The summed E-state index contributed by atoms with van der Waals surface area (Å²) in [5, 5.41) is 8.35. The highest BCUT2D eigenvalue weighted by Crippen LogP contribution is 2.10. The third kappa shape index (κ3) is 2.49. The molecule has 1 atom stereocenters. The van der Waals surface area contributed by atoms with Gasteiger partial charge in [-0.3, -0.25) is 0 Å². The van der Waals surface area contributed by atoms with Crippen molar-refractivity contribution in [3.63, 3.8) is 0 Å². The van der Waals surface area contributed by atoms with Crippen LogP contribution in [0.3, 0.4) is 0 Å². The first-order valence-corrected chi connectivity index (χ1v) is 3.99. The highest BCUT2D eigenvalue weighted by atomic mass is 16.5. The molecule has 3 heteroatoms. The van der Waals surface area contributed by atoms with E-state index in [1.807, 2.05) is 0 Å². The summed E-state index contributed by atoms with van der Waals surface area (Å²) in [4.78, 5) is 2.20. The Morgan fingerprint density at radius 3 is 3.09 bits per heavy atom. The van der Waals surface area contributed by atoms with Crippen LogP contribution in [0.1, 0.15) is 12.8 Å². The zero-order valence-corrected chi connectivity index (χ0v) is 6.92. The first-order chi connectivity index (χ1) is 5.34. The lowest BCUT2D eigenvalue weighted by atomic mass is 10.2. The molecule has 0 aromatic heterocycles.